The molecule has 20 heavy (non-hydrogen) atoms. The Morgan fingerprint density at radius 3 is 2.25 bits per heavy atom. The Morgan fingerprint density at radius 2 is 1.65 bits per heavy atom. The van der Waals surface area contributed by atoms with E-state index in [9.17, 15) is 9.59 Å². The van der Waals surface area contributed by atoms with Gasteiger partial charge in [-0.05, 0) is 31.4 Å². The molecule has 0 fully saturated rings. The average molecular weight is 279 g/mol. The van der Waals surface area contributed by atoms with Crippen molar-refractivity contribution in [3.05, 3.63) is 35.9 Å². The number of nitrogens with two attached hydrogens (primary N) is 3. The van der Waals surface area contributed by atoms with Crippen molar-refractivity contribution in [2.75, 3.05) is 6.54 Å². The SMILES string of the molecule is NCCC[C@H](N)C(=O)OC(=O)[C@@H](N)Cc1ccccc1. The zero-order valence-corrected chi connectivity index (χ0v) is 11.3. The first kappa shape index (κ1) is 16.3. The van der Waals surface area contributed by atoms with E-state index in [1.165, 1.54) is 0 Å². The third-order valence-electron chi connectivity index (χ3n) is 2.82. The molecule has 0 amide bonds. The largest absolute Gasteiger partial charge is 0.391 e. The molecule has 0 aliphatic carbocycles. The van der Waals surface area contributed by atoms with E-state index in [4.69, 9.17) is 17.2 Å². The van der Waals surface area contributed by atoms with Crippen LogP contribution in [-0.4, -0.2) is 30.6 Å². The molecule has 0 aliphatic rings. The zero-order chi connectivity index (χ0) is 15.0. The molecule has 0 radical (unpaired) electrons. The lowest BCUT2D eigenvalue weighted by molar-refractivity contribution is -0.161. The van der Waals surface area contributed by atoms with Gasteiger partial charge in [0.05, 0.1) is 0 Å². The summed E-state index contributed by atoms with van der Waals surface area (Å²) in [5.41, 5.74) is 17.5. The maximum absolute atomic E-state index is 11.7. The van der Waals surface area contributed by atoms with Crippen LogP contribution < -0.4 is 17.2 Å². The van der Waals surface area contributed by atoms with E-state index in [1.807, 2.05) is 30.3 Å². The fourth-order valence-corrected chi connectivity index (χ4v) is 1.66. The van der Waals surface area contributed by atoms with Gasteiger partial charge in [0.15, 0.2) is 0 Å². The Morgan fingerprint density at radius 1 is 1.05 bits per heavy atom. The first-order valence-corrected chi connectivity index (χ1v) is 6.55. The predicted molar refractivity (Wildman–Crippen MR) is 75.5 cm³/mol. The molecule has 0 heterocycles. The Kier molecular flexibility index (Phi) is 6.86. The van der Waals surface area contributed by atoms with E-state index >= 15 is 0 Å². The second kappa shape index (κ2) is 8.42. The van der Waals surface area contributed by atoms with Crippen LogP contribution >= 0.6 is 0 Å². The lowest BCUT2D eigenvalue weighted by atomic mass is 10.1. The molecule has 2 atom stereocenters. The van der Waals surface area contributed by atoms with Gasteiger partial charge in [-0.3, -0.25) is 0 Å². The number of rotatable bonds is 7. The van der Waals surface area contributed by atoms with Gasteiger partial charge in [-0.15, -0.1) is 0 Å². The summed E-state index contributed by atoms with van der Waals surface area (Å²) in [6.07, 6.45) is 1.29. The summed E-state index contributed by atoms with van der Waals surface area (Å²) in [6, 6.07) is 7.54. The molecule has 1 rings (SSSR count). The van der Waals surface area contributed by atoms with Gasteiger partial charge in [-0.1, -0.05) is 30.3 Å². The number of hydrogen-bond acceptors (Lipinski definition) is 6. The molecule has 1 aromatic rings. The predicted octanol–water partition coefficient (Wildman–Crippen LogP) is -0.308. The molecular formula is C14H21N3O3. The van der Waals surface area contributed by atoms with Gasteiger partial charge in [0.25, 0.3) is 0 Å². The topological polar surface area (TPSA) is 121 Å². The van der Waals surface area contributed by atoms with Crippen molar-refractivity contribution < 1.29 is 14.3 Å². The molecule has 1 aromatic carbocycles. The summed E-state index contributed by atoms with van der Waals surface area (Å²) < 4.78 is 4.67. The van der Waals surface area contributed by atoms with Gasteiger partial charge in [0, 0.05) is 0 Å². The summed E-state index contributed by atoms with van der Waals surface area (Å²) in [4.78, 5) is 23.2. The molecule has 0 unspecified atom stereocenters. The third kappa shape index (κ3) is 5.48. The van der Waals surface area contributed by atoms with Crippen molar-refractivity contribution in [1.82, 2.24) is 0 Å². The standard InChI is InChI=1S/C14H21N3O3/c15-8-4-7-11(16)13(18)20-14(19)12(17)9-10-5-2-1-3-6-10/h1-3,5-6,11-12H,4,7-9,15-17H2/t11-,12-/m0/s1. The van der Waals surface area contributed by atoms with Gasteiger partial charge >= 0.3 is 11.9 Å². The van der Waals surface area contributed by atoms with Crippen LogP contribution in [0.5, 0.6) is 0 Å². The number of hydrogen-bond donors (Lipinski definition) is 3. The Balaban J connectivity index is 2.43. The normalized spacial score (nSPS) is 13.6. The van der Waals surface area contributed by atoms with Crippen LogP contribution in [0.25, 0.3) is 0 Å². The third-order valence-corrected chi connectivity index (χ3v) is 2.82. The van der Waals surface area contributed by atoms with Gasteiger partial charge in [-0.25, -0.2) is 9.59 Å². The highest BCUT2D eigenvalue weighted by molar-refractivity contribution is 5.90. The smallest absolute Gasteiger partial charge is 0.330 e. The van der Waals surface area contributed by atoms with Gasteiger partial charge in [0.2, 0.25) is 0 Å². The highest BCUT2D eigenvalue weighted by atomic mass is 16.6. The summed E-state index contributed by atoms with van der Waals surface area (Å²) in [5.74, 6) is -1.52. The molecule has 0 spiro atoms. The van der Waals surface area contributed by atoms with Crippen LogP contribution in [0.4, 0.5) is 0 Å². The molecule has 110 valence electrons. The average Bonchev–Trinajstić information content (AvgIpc) is 2.45. The van der Waals surface area contributed by atoms with E-state index in [1.54, 1.807) is 0 Å². The number of ether oxygens (including phenoxy) is 1. The summed E-state index contributed by atoms with van der Waals surface area (Å²) in [6.45, 7) is 0.433. The second-order valence-corrected chi connectivity index (χ2v) is 4.57. The molecule has 0 saturated heterocycles. The van der Waals surface area contributed by atoms with Crippen LogP contribution in [0.2, 0.25) is 0 Å². The Hall–Kier alpha value is -1.76. The van der Waals surface area contributed by atoms with E-state index in [0.717, 1.165) is 5.56 Å². The zero-order valence-electron chi connectivity index (χ0n) is 11.3. The molecule has 0 saturated carbocycles. The monoisotopic (exact) mass is 279 g/mol. The maximum atomic E-state index is 11.7. The minimum absolute atomic E-state index is 0.311. The molecule has 0 aliphatic heterocycles. The van der Waals surface area contributed by atoms with Crippen LogP contribution in [0.1, 0.15) is 18.4 Å². The van der Waals surface area contributed by atoms with Crippen molar-refractivity contribution in [3.8, 4) is 0 Å². The van der Waals surface area contributed by atoms with E-state index in [2.05, 4.69) is 4.74 Å². The summed E-state index contributed by atoms with van der Waals surface area (Å²) >= 11 is 0. The second-order valence-electron chi connectivity index (χ2n) is 4.57. The Labute approximate surface area is 118 Å². The van der Waals surface area contributed by atoms with Crippen molar-refractivity contribution in [3.63, 3.8) is 0 Å². The summed E-state index contributed by atoms with van der Waals surface area (Å²) in [5, 5.41) is 0. The van der Waals surface area contributed by atoms with E-state index < -0.39 is 24.0 Å². The Bertz CT molecular complexity index is 437. The molecular weight excluding hydrogens is 258 g/mol. The quantitative estimate of drug-likeness (QED) is 0.465. The highest BCUT2D eigenvalue weighted by Crippen LogP contribution is 2.04. The van der Waals surface area contributed by atoms with Gasteiger partial charge in [-0.2, -0.15) is 0 Å². The molecule has 0 bridgehead atoms. The maximum Gasteiger partial charge on any atom is 0.330 e. The highest BCUT2D eigenvalue weighted by Gasteiger charge is 2.22. The van der Waals surface area contributed by atoms with Crippen molar-refractivity contribution in [1.29, 1.82) is 0 Å². The van der Waals surface area contributed by atoms with Crippen molar-refractivity contribution in [2.45, 2.75) is 31.3 Å². The number of benzene rings is 1. The lowest BCUT2D eigenvalue weighted by Gasteiger charge is -2.13. The molecule has 6 heteroatoms. The van der Waals surface area contributed by atoms with Crippen LogP contribution in [0, 0.1) is 0 Å². The first-order chi connectivity index (χ1) is 9.54. The minimum atomic E-state index is -0.886. The van der Waals surface area contributed by atoms with Gasteiger partial charge in [0.1, 0.15) is 12.1 Å². The summed E-state index contributed by atoms with van der Waals surface area (Å²) in [7, 11) is 0. The number of carbonyl (C=O) groups is 2. The fraction of sp³-hybridized carbons (Fsp3) is 0.429. The van der Waals surface area contributed by atoms with Crippen LogP contribution in [0.3, 0.4) is 0 Å². The van der Waals surface area contributed by atoms with E-state index in [0.29, 0.717) is 25.8 Å². The number of carbonyl (C=O) groups excluding carboxylic acids is 2. The van der Waals surface area contributed by atoms with Crippen molar-refractivity contribution >= 4 is 11.9 Å². The molecule has 6 nitrogen and oxygen atoms in total. The molecule has 6 N–H and O–H groups in total. The lowest BCUT2D eigenvalue weighted by Crippen LogP contribution is -2.40. The number of esters is 2. The van der Waals surface area contributed by atoms with E-state index in [-0.39, 0.29) is 0 Å². The molecule has 0 aromatic heterocycles. The first-order valence-electron chi connectivity index (χ1n) is 6.55. The fourth-order valence-electron chi connectivity index (χ4n) is 1.66. The van der Waals surface area contributed by atoms with Crippen molar-refractivity contribution in [2.24, 2.45) is 17.2 Å². The minimum Gasteiger partial charge on any atom is -0.391 e. The van der Waals surface area contributed by atoms with Crippen LogP contribution in [-0.2, 0) is 20.7 Å². The van der Waals surface area contributed by atoms with Crippen LogP contribution in [0.15, 0.2) is 30.3 Å². The van der Waals surface area contributed by atoms with Gasteiger partial charge < -0.3 is 21.9 Å².